The van der Waals surface area contributed by atoms with Gasteiger partial charge in [-0.2, -0.15) is 0 Å². The predicted molar refractivity (Wildman–Crippen MR) is 113 cm³/mol. The van der Waals surface area contributed by atoms with Gasteiger partial charge in [0.2, 0.25) is 0 Å². The monoisotopic (exact) mass is 404 g/mol. The molecule has 2 aromatic carbocycles. The van der Waals surface area contributed by atoms with Crippen LogP contribution in [0.25, 0.3) is 0 Å². The molecule has 2 atom stereocenters. The quantitative estimate of drug-likeness (QED) is 0.728. The zero-order valence-electron chi connectivity index (χ0n) is 16.6. The van der Waals surface area contributed by atoms with Crippen molar-refractivity contribution in [1.29, 1.82) is 0 Å². The number of halogens is 1. The molecular formula is C22H29ClN2O3. The Morgan fingerprint density at radius 1 is 1.07 bits per heavy atom. The van der Waals surface area contributed by atoms with Gasteiger partial charge < -0.3 is 19.5 Å². The molecule has 1 fully saturated rings. The highest BCUT2D eigenvalue weighted by molar-refractivity contribution is 6.30. The Balaban J connectivity index is 1.40. The van der Waals surface area contributed by atoms with Crippen LogP contribution < -0.4 is 9.64 Å². The summed E-state index contributed by atoms with van der Waals surface area (Å²) in [5.74, 6) is 0.877. The number of β-amino-alcohol motifs (C(OH)–C–C–N with tert-alkyl or cyclic N) is 1. The van der Waals surface area contributed by atoms with E-state index in [9.17, 15) is 5.11 Å². The lowest BCUT2D eigenvalue weighted by Crippen LogP contribution is -2.49. The van der Waals surface area contributed by atoms with Gasteiger partial charge in [0.25, 0.3) is 0 Å². The number of rotatable bonds is 8. The van der Waals surface area contributed by atoms with Crippen molar-refractivity contribution in [2.45, 2.75) is 19.1 Å². The van der Waals surface area contributed by atoms with Gasteiger partial charge in [-0.15, -0.1) is 0 Å². The number of methoxy groups -OCH3 is 1. The van der Waals surface area contributed by atoms with Crippen LogP contribution in [0.3, 0.4) is 0 Å². The SMILES string of the molecule is COc1cccc(N2CCN(CC(O)COC(C)c3ccc(Cl)cc3)CC2)c1. The number of anilines is 1. The van der Waals surface area contributed by atoms with Crippen LogP contribution in [-0.4, -0.2) is 62.6 Å². The van der Waals surface area contributed by atoms with Crippen LogP contribution >= 0.6 is 11.6 Å². The molecule has 2 unspecified atom stereocenters. The van der Waals surface area contributed by atoms with Gasteiger partial charge in [0, 0.05) is 49.5 Å². The summed E-state index contributed by atoms with van der Waals surface area (Å²) >= 11 is 5.92. The smallest absolute Gasteiger partial charge is 0.120 e. The second-order valence-corrected chi connectivity index (χ2v) is 7.61. The van der Waals surface area contributed by atoms with Crippen molar-refractivity contribution in [2.24, 2.45) is 0 Å². The van der Waals surface area contributed by atoms with Gasteiger partial charge in [0.05, 0.1) is 25.9 Å². The number of hydrogen-bond donors (Lipinski definition) is 1. The summed E-state index contributed by atoms with van der Waals surface area (Å²) < 4.78 is 11.2. The summed E-state index contributed by atoms with van der Waals surface area (Å²) in [6.45, 7) is 6.63. The van der Waals surface area contributed by atoms with Crippen molar-refractivity contribution < 1.29 is 14.6 Å². The van der Waals surface area contributed by atoms with Crippen LogP contribution in [0, 0.1) is 0 Å². The van der Waals surface area contributed by atoms with Crippen LogP contribution in [0.2, 0.25) is 5.02 Å². The van der Waals surface area contributed by atoms with Crippen molar-refractivity contribution in [1.82, 2.24) is 4.90 Å². The fourth-order valence-electron chi connectivity index (χ4n) is 3.43. The lowest BCUT2D eigenvalue weighted by Gasteiger charge is -2.37. The van der Waals surface area contributed by atoms with Crippen LogP contribution in [0.5, 0.6) is 5.75 Å². The second-order valence-electron chi connectivity index (χ2n) is 7.17. The molecule has 0 amide bonds. The van der Waals surface area contributed by atoms with Gasteiger partial charge in [0.1, 0.15) is 5.75 Å². The van der Waals surface area contributed by atoms with E-state index in [0.29, 0.717) is 18.2 Å². The van der Waals surface area contributed by atoms with Crippen molar-refractivity contribution in [3.63, 3.8) is 0 Å². The summed E-state index contributed by atoms with van der Waals surface area (Å²) in [4.78, 5) is 4.64. The fraction of sp³-hybridized carbons (Fsp3) is 0.455. The third kappa shape index (κ3) is 5.85. The molecule has 5 nitrogen and oxygen atoms in total. The maximum absolute atomic E-state index is 10.4. The van der Waals surface area contributed by atoms with E-state index >= 15 is 0 Å². The normalized spacial score (nSPS) is 17.4. The predicted octanol–water partition coefficient (Wildman–Crippen LogP) is 3.61. The minimum atomic E-state index is -0.502. The molecule has 1 saturated heterocycles. The fourth-order valence-corrected chi connectivity index (χ4v) is 3.56. The average Bonchev–Trinajstić information content (AvgIpc) is 2.73. The zero-order chi connectivity index (χ0) is 19.9. The van der Waals surface area contributed by atoms with E-state index in [1.165, 1.54) is 5.69 Å². The first-order chi connectivity index (χ1) is 13.5. The number of piperazine rings is 1. The molecule has 6 heteroatoms. The molecule has 1 aliphatic rings. The van der Waals surface area contributed by atoms with E-state index in [4.69, 9.17) is 21.1 Å². The summed E-state index contributed by atoms with van der Waals surface area (Å²) in [7, 11) is 1.69. The van der Waals surface area contributed by atoms with Gasteiger partial charge >= 0.3 is 0 Å². The molecule has 0 aromatic heterocycles. The van der Waals surface area contributed by atoms with E-state index < -0.39 is 6.10 Å². The Hall–Kier alpha value is -1.79. The van der Waals surface area contributed by atoms with Crippen molar-refractivity contribution in [2.75, 3.05) is 51.3 Å². The molecule has 0 bridgehead atoms. The molecule has 0 saturated carbocycles. The summed E-state index contributed by atoms with van der Waals surface area (Å²) in [5.41, 5.74) is 2.24. The number of aliphatic hydroxyl groups is 1. The number of benzene rings is 2. The van der Waals surface area contributed by atoms with Gasteiger partial charge in [-0.25, -0.2) is 0 Å². The first kappa shape index (κ1) is 20.9. The molecule has 28 heavy (non-hydrogen) atoms. The molecule has 0 radical (unpaired) electrons. The van der Waals surface area contributed by atoms with Crippen molar-refractivity contribution >= 4 is 17.3 Å². The van der Waals surface area contributed by atoms with Gasteiger partial charge in [-0.05, 0) is 36.8 Å². The standard InChI is InChI=1S/C22H29ClN2O3/c1-17(18-6-8-19(23)9-7-18)28-16-21(26)15-24-10-12-25(13-11-24)20-4-3-5-22(14-20)27-2/h3-9,14,17,21,26H,10-13,15-16H2,1-2H3. The summed E-state index contributed by atoms with van der Waals surface area (Å²) in [6.07, 6.45) is -0.574. The van der Waals surface area contributed by atoms with E-state index in [1.807, 2.05) is 43.3 Å². The topological polar surface area (TPSA) is 45.2 Å². The Bertz CT molecular complexity index is 733. The number of nitrogens with zero attached hydrogens (tertiary/aromatic N) is 2. The van der Waals surface area contributed by atoms with E-state index in [-0.39, 0.29) is 6.10 Å². The average molecular weight is 405 g/mol. The Morgan fingerprint density at radius 2 is 1.79 bits per heavy atom. The molecule has 2 aromatic rings. The first-order valence-corrected chi connectivity index (χ1v) is 10.1. The molecule has 1 N–H and O–H groups in total. The minimum Gasteiger partial charge on any atom is -0.497 e. The lowest BCUT2D eigenvalue weighted by molar-refractivity contribution is -0.0162. The molecular weight excluding hydrogens is 376 g/mol. The van der Waals surface area contributed by atoms with Crippen molar-refractivity contribution in [3.8, 4) is 5.75 Å². The Labute approximate surface area is 172 Å². The van der Waals surface area contributed by atoms with Crippen molar-refractivity contribution in [3.05, 3.63) is 59.1 Å². The number of ether oxygens (including phenoxy) is 2. The summed E-state index contributed by atoms with van der Waals surface area (Å²) in [5, 5.41) is 11.1. The molecule has 1 heterocycles. The first-order valence-electron chi connectivity index (χ1n) is 9.71. The van der Waals surface area contributed by atoms with E-state index in [1.54, 1.807) is 7.11 Å². The van der Waals surface area contributed by atoms with Crippen LogP contribution in [0.4, 0.5) is 5.69 Å². The highest BCUT2D eigenvalue weighted by Crippen LogP contribution is 2.22. The highest BCUT2D eigenvalue weighted by Gasteiger charge is 2.20. The second kappa shape index (κ2) is 10.1. The van der Waals surface area contributed by atoms with E-state index in [0.717, 1.165) is 37.5 Å². The zero-order valence-corrected chi connectivity index (χ0v) is 17.3. The van der Waals surface area contributed by atoms with Crippen LogP contribution in [-0.2, 0) is 4.74 Å². The highest BCUT2D eigenvalue weighted by atomic mass is 35.5. The number of aliphatic hydroxyl groups excluding tert-OH is 1. The molecule has 0 aliphatic carbocycles. The van der Waals surface area contributed by atoms with Gasteiger partial charge in [-0.3, -0.25) is 4.90 Å². The molecule has 0 spiro atoms. The molecule has 3 rings (SSSR count). The molecule has 1 aliphatic heterocycles. The van der Waals surface area contributed by atoms with Crippen LogP contribution in [0.15, 0.2) is 48.5 Å². The van der Waals surface area contributed by atoms with E-state index in [2.05, 4.69) is 21.9 Å². The maximum atomic E-state index is 10.4. The van der Waals surface area contributed by atoms with Gasteiger partial charge in [0.15, 0.2) is 0 Å². The number of hydrogen-bond acceptors (Lipinski definition) is 5. The maximum Gasteiger partial charge on any atom is 0.120 e. The van der Waals surface area contributed by atoms with Gasteiger partial charge in [-0.1, -0.05) is 29.8 Å². The summed E-state index contributed by atoms with van der Waals surface area (Å²) in [6, 6.07) is 15.8. The van der Waals surface area contributed by atoms with Crippen LogP contribution in [0.1, 0.15) is 18.6 Å². The largest absolute Gasteiger partial charge is 0.497 e. The lowest BCUT2D eigenvalue weighted by atomic mass is 10.1. The third-order valence-electron chi connectivity index (χ3n) is 5.14. The Kier molecular flexibility index (Phi) is 7.57. The Morgan fingerprint density at radius 3 is 2.46 bits per heavy atom. The third-order valence-corrected chi connectivity index (χ3v) is 5.39. The minimum absolute atomic E-state index is 0.0724. The molecule has 152 valence electrons.